The fourth-order valence-electron chi connectivity index (χ4n) is 5.07. The Kier molecular flexibility index (Phi) is 7.07. The number of phenolic OH excluding ortho intramolecular Hbond substituents is 1. The molecule has 3 aromatic carbocycles. The van der Waals surface area contributed by atoms with Crippen LogP contribution in [0.25, 0.3) is 11.3 Å². The molecule has 0 unspecified atom stereocenters. The van der Waals surface area contributed by atoms with Crippen LogP contribution >= 0.6 is 0 Å². The lowest BCUT2D eigenvalue weighted by Gasteiger charge is -2.27. The van der Waals surface area contributed by atoms with Gasteiger partial charge in [0.25, 0.3) is 5.91 Å². The second-order valence-corrected chi connectivity index (χ2v) is 9.50. The fraction of sp³-hybridized carbons (Fsp3) is 0.267. The number of aromatic nitrogens is 2. The number of aliphatic hydroxyl groups is 1. The zero-order valence-electron chi connectivity index (χ0n) is 21.7. The van der Waals surface area contributed by atoms with Gasteiger partial charge in [-0.2, -0.15) is 5.10 Å². The minimum atomic E-state index is -0.491. The zero-order valence-corrected chi connectivity index (χ0v) is 21.7. The van der Waals surface area contributed by atoms with Crippen LogP contribution in [-0.4, -0.2) is 51.5 Å². The molecule has 0 aliphatic carbocycles. The van der Waals surface area contributed by atoms with E-state index in [1.165, 1.54) is 0 Å². The van der Waals surface area contributed by atoms with Gasteiger partial charge in [0.2, 0.25) is 0 Å². The number of methoxy groups -OCH3 is 1. The van der Waals surface area contributed by atoms with Crippen molar-refractivity contribution in [3.63, 3.8) is 0 Å². The van der Waals surface area contributed by atoms with E-state index in [1.54, 1.807) is 12.0 Å². The standard InChI is InChI=1S/C30H31N3O5/c1-18-14-19(2)29(35)22(15-18)26-25-27(32-31-26)30(36)33(12-7-13-34)28(25)21-10-11-23(24(16-21)37-3)38-17-20-8-5-4-6-9-20/h4-6,8-11,14-16,28,34-35H,7,12-13,17H2,1-3H3,(H,31,32)/t28-/m0/s1. The molecule has 1 aliphatic heterocycles. The third-order valence-electron chi connectivity index (χ3n) is 6.86. The van der Waals surface area contributed by atoms with Crippen LogP contribution in [0.1, 0.15) is 50.8 Å². The number of ether oxygens (including phenoxy) is 2. The molecule has 0 saturated heterocycles. The molecule has 8 nitrogen and oxygen atoms in total. The van der Waals surface area contributed by atoms with E-state index in [-0.39, 0.29) is 18.3 Å². The van der Waals surface area contributed by atoms with Gasteiger partial charge in [0.05, 0.1) is 13.2 Å². The number of benzene rings is 3. The van der Waals surface area contributed by atoms with Gasteiger partial charge in [0.15, 0.2) is 11.5 Å². The van der Waals surface area contributed by atoms with E-state index in [9.17, 15) is 15.0 Å². The second kappa shape index (κ2) is 10.6. The maximum Gasteiger partial charge on any atom is 0.273 e. The quantitative estimate of drug-likeness (QED) is 0.293. The summed E-state index contributed by atoms with van der Waals surface area (Å²) in [6.45, 7) is 4.51. The van der Waals surface area contributed by atoms with Gasteiger partial charge in [0, 0.05) is 24.3 Å². The number of phenols is 1. The lowest BCUT2D eigenvalue weighted by atomic mass is 9.94. The summed E-state index contributed by atoms with van der Waals surface area (Å²) < 4.78 is 11.7. The van der Waals surface area contributed by atoms with E-state index in [0.717, 1.165) is 22.3 Å². The van der Waals surface area contributed by atoms with Gasteiger partial charge < -0.3 is 24.6 Å². The van der Waals surface area contributed by atoms with Gasteiger partial charge in [-0.25, -0.2) is 0 Å². The lowest BCUT2D eigenvalue weighted by Crippen LogP contribution is -2.31. The number of aryl methyl sites for hydroxylation is 2. The van der Waals surface area contributed by atoms with Crippen LogP contribution in [0.15, 0.2) is 60.7 Å². The summed E-state index contributed by atoms with van der Waals surface area (Å²) in [5, 5.41) is 27.8. The molecule has 8 heteroatoms. The van der Waals surface area contributed by atoms with E-state index in [2.05, 4.69) is 10.2 Å². The first-order valence-electron chi connectivity index (χ1n) is 12.6. The molecule has 1 atom stereocenters. The topological polar surface area (TPSA) is 108 Å². The van der Waals surface area contributed by atoms with Crippen molar-refractivity contribution in [1.82, 2.24) is 15.1 Å². The highest BCUT2D eigenvalue weighted by Gasteiger charge is 2.42. The molecule has 3 N–H and O–H groups in total. The molecule has 196 valence electrons. The highest BCUT2D eigenvalue weighted by Crippen LogP contribution is 2.46. The Morgan fingerprint density at radius 1 is 1.05 bits per heavy atom. The summed E-state index contributed by atoms with van der Waals surface area (Å²) in [4.78, 5) is 15.2. The van der Waals surface area contributed by atoms with Gasteiger partial charge >= 0.3 is 0 Å². The Labute approximate surface area is 221 Å². The summed E-state index contributed by atoms with van der Waals surface area (Å²) in [7, 11) is 1.58. The average Bonchev–Trinajstić information content (AvgIpc) is 3.47. The van der Waals surface area contributed by atoms with Crippen LogP contribution in [0.4, 0.5) is 0 Å². The van der Waals surface area contributed by atoms with Crippen molar-refractivity contribution in [3.8, 4) is 28.5 Å². The molecular weight excluding hydrogens is 482 g/mol. The smallest absolute Gasteiger partial charge is 0.273 e. The second-order valence-electron chi connectivity index (χ2n) is 9.50. The van der Waals surface area contributed by atoms with E-state index in [1.807, 2.05) is 74.5 Å². The lowest BCUT2D eigenvalue weighted by molar-refractivity contribution is 0.0732. The number of carbonyl (C=O) groups excluding carboxylic acids is 1. The van der Waals surface area contributed by atoms with Crippen molar-refractivity contribution >= 4 is 5.91 Å². The fourth-order valence-corrected chi connectivity index (χ4v) is 5.07. The zero-order chi connectivity index (χ0) is 26.8. The predicted octanol–water partition coefficient (Wildman–Crippen LogP) is 4.91. The summed E-state index contributed by atoms with van der Waals surface area (Å²) in [5.74, 6) is 1.06. The van der Waals surface area contributed by atoms with Crippen LogP contribution in [0.5, 0.6) is 17.2 Å². The number of nitrogens with one attached hydrogen (secondary N) is 1. The summed E-state index contributed by atoms with van der Waals surface area (Å²) in [6.07, 6.45) is 0.430. The number of hydrogen-bond acceptors (Lipinski definition) is 6. The molecule has 2 heterocycles. The van der Waals surface area contributed by atoms with Crippen LogP contribution in [-0.2, 0) is 6.61 Å². The minimum absolute atomic E-state index is 0.0387. The van der Waals surface area contributed by atoms with E-state index in [4.69, 9.17) is 9.47 Å². The summed E-state index contributed by atoms with van der Waals surface area (Å²) in [6, 6.07) is 18.8. The molecule has 5 rings (SSSR count). The van der Waals surface area contributed by atoms with Gasteiger partial charge in [-0.1, -0.05) is 42.5 Å². The van der Waals surface area contributed by atoms with Crippen molar-refractivity contribution in [2.45, 2.75) is 32.9 Å². The Bertz CT molecular complexity index is 1460. The molecule has 0 radical (unpaired) electrons. The van der Waals surface area contributed by atoms with E-state index in [0.29, 0.717) is 53.6 Å². The van der Waals surface area contributed by atoms with E-state index >= 15 is 0 Å². The Morgan fingerprint density at radius 2 is 1.84 bits per heavy atom. The molecule has 1 amide bonds. The number of aromatic amines is 1. The number of nitrogens with zero attached hydrogens (tertiary/aromatic N) is 2. The van der Waals surface area contributed by atoms with Crippen LogP contribution in [0, 0.1) is 13.8 Å². The van der Waals surface area contributed by atoms with Crippen molar-refractivity contribution in [2.24, 2.45) is 0 Å². The van der Waals surface area contributed by atoms with Gasteiger partial charge in [-0.05, 0) is 60.7 Å². The van der Waals surface area contributed by atoms with Crippen LogP contribution in [0.3, 0.4) is 0 Å². The third kappa shape index (κ3) is 4.59. The number of H-pyrrole nitrogens is 1. The average molecular weight is 514 g/mol. The molecule has 38 heavy (non-hydrogen) atoms. The summed E-state index contributed by atoms with van der Waals surface area (Å²) in [5.41, 5.74) is 5.72. The van der Waals surface area contributed by atoms with Gasteiger partial charge in [-0.15, -0.1) is 0 Å². The molecule has 0 saturated carbocycles. The molecule has 0 spiro atoms. The number of amides is 1. The Hall–Kier alpha value is -4.30. The molecular formula is C30H31N3O5. The normalized spacial score (nSPS) is 14.6. The monoisotopic (exact) mass is 513 g/mol. The maximum absolute atomic E-state index is 13.5. The van der Waals surface area contributed by atoms with Crippen molar-refractivity contribution in [2.75, 3.05) is 20.3 Å². The molecule has 4 aromatic rings. The van der Waals surface area contributed by atoms with E-state index < -0.39 is 6.04 Å². The minimum Gasteiger partial charge on any atom is -0.507 e. The number of aromatic hydroxyl groups is 1. The SMILES string of the molecule is COc1cc([C@H]2c3c(-c4cc(C)cc(C)c4O)n[nH]c3C(=O)N2CCCO)ccc1OCc1ccccc1. The molecule has 0 bridgehead atoms. The van der Waals surface area contributed by atoms with Crippen molar-refractivity contribution in [1.29, 1.82) is 0 Å². The molecule has 1 aromatic heterocycles. The highest BCUT2D eigenvalue weighted by atomic mass is 16.5. The van der Waals surface area contributed by atoms with Gasteiger partial charge in [-0.3, -0.25) is 9.89 Å². The first kappa shape index (κ1) is 25.4. The predicted molar refractivity (Wildman–Crippen MR) is 144 cm³/mol. The first-order valence-corrected chi connectivity index (χ1v) is 12.6. The summed E-state index contributed by atoms with van der Waals surface area (Å²) >= 11 is 0. The number of hydrogen-bond donors (Lipinski definition) is 3. The third-order valence-corrected chi connectivity index (χ3v) is 6.86. The Balaban J connectivity index is 1.58. The van der Waals surface area contributed by atoms with Crippen molar-refractivity contribution < 1.29 is 24.5 Å². The molecule has 1 aliphatic rings. The number of rotatable bonds is 9. The Morgan fingerprint density at radius 3 is 2.58 bits per heavy atom. The number of aliphatic hydroxyl groups excluding tert-OH is 1. The number of fused-ring (bicyclic) bond motifs is 1. The number of carbonyl (C=O) groups is 1. The first-order chi connectivity index (χ1) is 18.4. The maximum atomic E-state index is 13.5. The highest BCUT2D eigenvalue weighted by molar-refractivity contribution is 6.00. The largest absolute Gasteiger partial charge is 0.507 e. The van der Waals surface area contributed by atoms with Crippen molar-refractivity contribution in [3.05, 3.63) is 94.2 Å². The van der Waals surface area contributed by atoms with Gasteiger partial charge in [0.1, 0.15) is 23.7 Å². The molecule has 0 fully saturated rings. The van der Waals surface area contributed by atoms with Crippen LogP contribution < -0.4 is 9.47 Å². The van der Waals surface area contributed by atoms with Crippen LogP contribution in [0.2, 0.25) is 0 Å².